The van der Waals surface area contributed by atoms with E-state index >= 15 is 0 Å². The standard InChI is InChI=1S/C10H10FN3O5/c1-5-2-6(14(17)18)3-7(9(5)11)10(16)13-19-4-8(12)15/h2-3H,4H2,1H3,(H2,12,15)(H,13,16). The number of non-ortho nitro benzene ring substituents is 1. The molecule has 3 N–H and O–H groups in total. The highest BCUT2D eigenvalue weighted by molar-refractivity contribution is 5.94. The van der Waals surface area contributed by atoms with Crippen LogP contribution < -0.4 is 11.2 Å². The lowest BCUT2D eigenvalue weighted by Crippen LogP contribution is -2.30. The summed E-state index contributed by atoms with van der Waals surface area (Å²) in [6.07, 6.45) is 0. The van der Waals surface area contributed by atoms with Gasteiger partial charge in [0.05, 0.1) is 10.5 Å². The van der Waals surface area contributed by atoms with Crippen molar-refractivity contribution < 1.29 is 23.7 Å². The number of nitrogens with zero attached hydrogens (tertiary/aromatic N) is 1. The largest absolute Gasteiger partial charge is 0.368 e. The number of carbonyl (C=O) groups excluding carboxylic acids is 2. The average Bonchev–Trinajstić information content (AvgIpc) is 2.31. The van der Waals surface area contributed by atoms with Gasteiger partial charge in [-0.2, -0.15) is 0 Å². The Morgan fingerprint density at radius 1 is 1.53 bits per heavy atom. The number of amides is 2. The molecule has 1 aromatic carbocycles. The van der Waals surface area contributed by atoms with Crippen LogP contribution in [0, 0.1) is 22.9 Å². The lowest BCUT2D eigenvalue weighted by molar-refractivity contribution is -0.385. The summed E-state index contributed by atoms with van der Waals surface area (Å²) in [6.45, 7) is 0.685. The van der Waals surface area contributed by atoms with E-state index in [9.17, 15) is 24.1 Å². The molecule has 0 heterocycles. The molecule has 0 aliphatic carbocycles. The molecule has 9 heteroatoms. The molecule has 0 aliphatic heterocycles. The number of nitro benzene ring substituents is 1. The molecule has 0 saturated carbocycles. The van der Waals surface area contributed by atoms with Gasteiger partial charge in [0.2, 0.25) is 5.91 Å². The summed E-state index contributed by atoms with van der Waals surface area (Å²) in [5.41, 5.74) is 5.47. The van der Waals surface area contributed by atoms with E-state index in [1.165, 1.54) is 6.92 Å². The summed E-state index contributed by atoms with van der Waals surface area (Å²) < 4.78 is 13.7. The van der Waals surface area contributed by atoms with Crippen molar-refractivity contribution in [3.05, 3.63) is 39.2 Å². The maximum atomic E-state index is 13.7. The number of aryl methyl sites for hydroxylation is 1. The minimum Gasteiger partial charge on any atom is -0.368 e. The first kappa shape index (κ1) is 14.5. The number of halogens is 1. The third-order valence-electron chi connectivity index (χ3n) is 2.07. The predicted molar refractivity (Wildman–Crippen MR) is 60.4 cm³/mol. The zero-order valence-electron chi connectivity index (χ0n) is 9.81. The second kappa shape index (κ2) is 5.87. The second-order valence-corrected chi connectivity index (χ2v) is 3.57. The molecule has 2 amide bonds. The van der Waals surface area contributed by atoms with Crippen LogP contribution in [0.5, 0.6) is 0 Å². The van der Waals surface area contributed by atoms with Crippen LogP contribution in [-0.4, -0.2) is 23.3 Å². The zero-order chi connectivity index (χ0) is 14.6. The molecule has 0 saturated heterocycles. The zero-order valence-corrected chi connectivity index (χ0v) is 9.81. The molecule has 102 valence electrons. The summed E-state index contributed by atoms with van der Waals surface area (Å²) in [5, 5.41) is 10.6. The fourth-order valence-electron chi connectivity index (χ4n) is 1.25. The Kier molecular flexibility index (Phi) is 4.48. The Labute approximate surface area is 106 Å². The topological polar surface area (TPSA) is 125 Å². The summed E-state index contributed by atoms with van der Waals surface area (Å²) in [5.74, 6) is -2.80. The molecular formula is C10H10FN3O5. The van der Waals surface area contributed by atoms with Gasteiger partial charge in [-0.05, 0) is 12.5 Å². The van der Waals surface area contributed by atoms with Crippen LogP contribution in [0.1, 0.15) is 15.9 Å². The summed E-state index contributed by atoms with van der Waals surface area (Å²) in [4.78, 5) is 36.1. The van der Waals surface area contributed by atoms with Crippen molar-refractivity contribution in [2.75, 3.05) is 6.61 Å². The normalized spacial score (nSPS) is 10.0. The molecule has 19 heavy (non-hydrogen) atoms. The van der Waals surface area contributed by atoms with Crippen molar-refractivity contribution in [3.8, 4) is 0 Å². The predicted octanol–water partition coefficient (Wildman–Crippen LogP) is 0.189. The van der Waals surface area contributed by atoms with E-state index in [0.29, 0.717) is 0 Å². The first-order valence-electron chi connectivity index (χ1n) is 4.98. The fourth-order valence-corrected chi connectivity index (χ4v) is 1.25. The van der Waals surface area contributed by atoms with Crippen molar-refractivity contribution in [3.63, 3.8) is 0 Å². The Morgan fingerprint density at radius 3 is 2.68 bits per heavy atom. The Hall–Kier alpha value is -2.55. The van der Waals surface area contributed by atoms with Crippen molar-refractivity contribution >= 4 is 17.5 Å². The Bertz CT molecular complexity index is 546. The van der Waals surface area contributed by atoms with Crippen LogP contribution in [-0.2, 0) is 9.63 Å². The SMILES string of the molecule is Cc1cc([N+](=O)[O-])cc(C(=O)NOCC(N)=O)c1F. The van der Waals surface area contributed by atoms with Gasteiger partial charge in [-0.1, -0.05) is 0 Å². The molecule has 1 rings (SSSR count). The van der Waals surface area contributed by atoms with E-state index in [4.69, 9.17) is 5.73 Å². The third-order valence-corrected chi connectivity index (χ3v) is 2.07. The number of rotatable bonds is 5. The number of hydroxylamine groups is 1. The van der Waals surface area contributed by atoms with Crippen molar-refractivity contribution in [1.82, 2.24) is 5.48 Å². The molecule has 0 aliphatic rings. The minimum atomic E-state index is -1.05. The van der Waals surface area contributed by atoms with Gasteiger partial charge in [0.25, 0.3) is 11.6 Å². The van der Waals surface area contributed by atoms with Gasteiger partial charge in [-0.3, -0.25) is 24.5 Å². The Morgan fingerprint density at radius 2 is 2.16 bits per heavy atom. The number of hydrogen-bond acceptors (Lipinski definition) is 5. The maximum Gasteiger partial charge on any atom is 0.278 e. The van der Waals surface area contributed by atoms with Crippen LogP contribution in [0.4, 0.5) is 10.1 Å². The van der Waals surface area contributed by atoms with E-state index in [1.807, 2.05) is 0 Å². The van der Waals surface area contributed by atoms with Gasteiger partial charge in [-0.15, -0.1) is 0 Å². The molecule has 0 radical (unpaired) electrons. The van der Waals surface area contributed by atoms with Gasteiger partial charge in [-0.25, -0.2) is 9.87 Å². The number of hydrogen-bond donors (Lipinski definition) is 2. The molecule has 0 aromatic heterocycles. The molecule has 0 bridgehead atoms. The minimum absolute atomic E-state index is 0.0609. The van der Waals surface area contributed by atoms with Crippen molar-refractivity contribution in [2.45, 2.75) is 6.92 Å². The van der Waals surface area contributed by atoms with E-state index in [1.54, 1.807) is 5.48 Å². The van der Waals surface area contributed by atoms with Crippen LogP contribution in [0.15, 0.2) is 12.1 Å². The summed E-state index contributed by atoms with van der Waals surface area (Å²) >= 11 is 0. The number of nitrogens with one attached hydrogen (secondary N) is 1. The van der Waals surface area contributed by atoms with Gasteiger partial charge in [0.15, 0.2) is 6.61 Å². The first-order chi connectivity index (χ1) is 8.82. The molecular weight excluding hydrogens is 261 g/mol. The van der Waals surface area contributed by atoms with Crippen LogP contribution in [0.3, 0.4) is 0 Å². The quantitative estimate of drug-likeness (QED) is 0.584. The maximum absolute atomic E-state index is 13.7. The fraction of sp³-hybridized carbons (Fsp3) is 0.200. The monoisotopic (exact) mass is 271 g/mol. The molecule has 0 spiro atoms. The van der Waals surface area contributed by atoms with Crippen LogP contribution in [0.25, 0.3) is 0 Å². The second-order valence-electron chi connectivity index (χ2n) is 3.57. The van der Waals surface area contributed by atoms with Gasteiger partial charge < -0.3 is 5.73 Å². The highest BCUT2D eigenvalue weighted by Gasteiger charge is 2.19. The number of benzene rings is 1. The molecule has 0 unspecified atom stereocenters. The average molecular weight is 271 g/mol. The molecule has 0 atom stereocenters. The molecule has 0 fully saturated rings. The van der Waals surface area contributed by atoms with E-state index < -0.39 is 40.4 Å². The van der Waals surface area contributed by atoms with Crippen molar-refractivity contribution in [2.24, 2.45) is 5.73 Å². The summed E-state index contributed by atoms with van der Waals surface area (Å²) in [7, 11) is 0. The number of carbonyl (C=O) groups is 2. The lowest BCUT2D eigenvalue weighted by atomic mass is 10.1. The molecule has 8 nitrogen and oxygen atoms in total. The number of nitrogens with two attached hydrogens (primary N) is 1. The van der Waals surface area contributed by atoms with E-state index in [2.05, 4.69) is 4.84 Å². The smallest absolute Gasteiger partial charge is 0.278 e. The van der Waals surface area contributed by atoms with Gasteiger partial charge in [0.1, 0.15) is 5.82 Å². The number of nitro groups is 1. The highest BCUT2D eigenvalue weighted by atomic mass is 19.1. The van der Waals surface area contributed by atoms with Crippen molar-refractivity contribution in [1.29, 1.82) is 0 Å². The molecule has 1 aromatic rings. The number of primary amides is 1. The lowest BCUT2D eigenvalue weighted by Gasteiger charge is -2.06. The van der Waals surface area contributed by atoms with Crippen LogP contribution in [0.2, 0.25) is 0 Å². The van der Waals surface area contributed by atoms with E-state index in [-0.39, 0.29) is 5.56 Å². The van der Waals surface area contributed by atoms with Gasteiger partial charge >= 0.3 is 0 Å². The third kappa shape index (κ3) is 3.71. The van der Waals surface area contributed by atoms with Gasteiger partial charge in [0, 0.05) is 12.1 Å². The first-order valence-corrected chi connectivity index (χ1v) is 4.98. The summed E-state index contributed by atoms with van der Waals surface area (Å²) in [6, 6.07) is 1.77. The highest BCUT2D eigenvalue weighted by Crippen LogP contribution is 2.20. The Balaban J connectivity index is 2.95. The van der Waals surface area contributed by atoms with Crippen LogP contribution >= 0.6 is 0 Å². The van der Waals surface area contributed by atoms with E-state index in [0.717, 1.165) is 12.1 Å².